The normalized spacial score (nSPS) is 4.64. The van der Waals surface area contributed by atoms with Gasteiger partial charge < -0.3 is 53.8 Å². The third-order valence-electron chi connectivity index (χ3n) is 0.167. The Kier molecular flexibility index (Phi) is 281. The van der Waals surface area contributed by atoms with Crippen molar-refractivity contribution in [3.63, 3.8) is 0 Å². The summed E-state index contributed by atoms with van der Waals surface area (Å²) in [7, 11) is 0. The molecule has 0 heterocycles. The summed E-state index contributed by atoms with van der Waals surface area (Å²) in [5.41, 5.74) is 9.81. The van der Waals surface area contributed by atoms with Gasteiger partial charge in [-0.05, 0) is 0 Å². The molecular weight excluding hydrogens is 432 g/mol. The van der Waals surface area contributed by atoms with Crippen molar-refractivity contribution in [1.82, 2.24) is 0 Å². The minimum absolute atomic E-state index is 0. The van der Waals surface area contributed by atoms with Crippen LogP contribution < -0.4 is 11.5 Å². The molecule has 4 radical (unpaired) electrons. The number of nitrogens with two attached hydrogens (primary N) is 2. The van der Waals surface area contributed by atoms with Crippen LogP contribution >= 0.6 is 0 Å². The number of hydrogen-bond donors (Lipinski definition) is 6. The molecule has 0 saturated carbocycles. The van der Waals surface area contributed by atoms with Gasteiger partial charge in [0.2, 0.25) is 0 Å². The van der Waals surface area contributed by atoms with Crippen molar-refractivity contribution in [3.05, 3.63) is 0 Å². The molecule has 0 aliphatic heterocycles. The zero-order valence-corrected chi connectivity index (χ0v) is 26.0. The van der Waals surface area contributed by atoms with Crippen LogP contribution in [-0.2, 0) is 19.2 Å². The Hall–Kier alpha value is 1.64. The summed E-state index contributed by atoms with van der Waals surface area (Å²) in [6.45, 7) is 5.53. The maximum atomic E-state index is 9.00. The van der Waals surface area contributed by atoms with Crippen LogP contribution in [0.25, 0.3) is 0 Å². The molecule has 0 bridgehead atoms. The molecule has 0 saturated heterocycles. The summed E-state index contributed by atoms with van der Waals surface area (Å²) < 4.78 is 0. The minimum atomic E-state index is -0.833. The van der Waals surface area contributed by atoms with Gasteiger partial charge in [-0.25, -0.2) is 0 Å². The van der Waals surface area contributed by atoms with Crippen LogP contribution in [0, 0.1) is 0 Å². The molecule has 0 atom stereocenters. The fourth-order valence-corrected chi connectivity index (χ4v) is 0. The third kappa shape index (κ3) is 2810. The van der Waals surface area contributed by atoms with Gasteiger partial charge >= 0.3 is 0 Å². The summed E-state index contributed by atoms with van der Waals surface area (Å²) in [6, 6.07) is 0. The van der Waals surface area contributed by atoms with E-state index in [1.54, 1.807) is 0 Å². The van der Waals surface area contributed by atoms with E-state index in [4.69, 9.17) is 51.1 Å². The van der Waals surface area contributed by atoms with Crippen LogP contribution in [0.2, 0.25) is 0 Å². The zero-order chi connectivity index (χ0) is 17.7. The molecule has 0 aromatic carbocycles. The maximum absolute atomic E-state index is 9.00. The quantitative estimate of drug-likeness (QED) is 0.200. The Bertz CT molecular complexity index is 211. The largest absolute Gasteiger partial charge is 0.481 e. The van der Waals surface area contributed by atoms with Crippen molar-refractivity contribution in [2.75, 3.05) is 13.1 Å². The van der Waals surface area contributed by atoms with Crippen molar-refractivity contribution < 1.29 is 61.5 Å². The van der Waals surface area contributed by atoms with E-state index in [1.807, 2.05) is 0 Å². The summed E-state index contributed by atoms with van der Waals surface area (Å²) in [5, 5.41) is 29.7. The second-order valence-electron chi connectivity index (χ2n) is 2.65. The van der Waals surface area contributed by atoms with Gasteiger partial charge in [-0.15, -0.1) is 0 Å². The van der Waals surface area contributed by atoms with Gasteiger partial charge in [0.05, 0.1) is 0 Å². The average molecular weight is 464 g/mol. The van der Waals surface area contributed by atoms with Crippen LogP contribution in [0.1, 0.15) is 27.7 Å². The second kappa shape index (κ2) is 89.4. The number of carboxylic acid groups (broad SMARTS) is 4. The summed E-state index contributed by atoms with van der Waals surface area (Å²) >= 11 is 0. The van der Waals surface area contributed by atoms with E-state index in [-0.39, 0.29) is 140 Å². The molecule has 16 N–H and O–H groups in total. The second-order valence-corrected chi connectivity index (χ2v) is 2.65. The van der Waals surface area contributed by atoms with Crippen molar-refractivity contribution >= 4 is 142 Å². The predicted molar refractivity (Wildman–Crippen MR) is 109 cm³/mol. The van der Waals surface area contributed by atoms with Crippen LogP contribution in [0.3, 0.4) is 0 Å². The number of carboxylic acids is 4. The Balaban J connectivity index is -0.00000000852. The Morgan fingerprint density at radius 3 is 0.536 bits per heavy atom. The van der Waals surface area contributed by atoms with Gasteiger partial charge in [0, 0.05) is 159 Å². The molecule has 18 heteroatoms. The molecule has 0 aromatic heterocycles. The van der Waals surface area contributed by atoms with E-state index in [9.17, 15) is 0 Å². The minimum Gasteiger partial charge on any atom is -0.481 e. The smallest absolute Gasteiger partial charge is 0.300 e. The summed E-state index contributed by atoms with van der Waals surface area (Å²) in [4.78, 5) is 36.0. The Labute approximate surface area is 252 Å². The topological polar surface area (TPSA) is 327 Å². The van der Waals surface area contributed by atoms with Gasteiger partial charge in [0.1, 0.15) is 0 Å². The van der Waals surface area contributed by atoms with E-state index in [2.05, 4.69) is 0 Å². The molecule has 0 aliphatic carbocycles. The molecule has 0 aromatic rings. The van der Waals surface area contributed by atoms with Crippen LogP contribution in [0.15, 0.2) is 0 Å². The van der Waals surface area contributed by atoms with Crippen LogP contribution in [-0.4, -0.2) is 198 Å². The monoisotopic (exact) mass is 464 g/mol. The first-order chi connectivity index (χ1) is 8.84. The molecule has 0 spiro atoms. The fraction of sp³-hybridized carbons (Fsp3) is 0.600. The molecule has 0 fully saturated rings. The Morgan fingerprint density at radius 2 is 0.536 bits per heavy atom. The molecule has 14 nitrogen and oxygen atoms in total. The molecule has 28 heavy (non-hydrogen) atoms. The number of aliphatic carboxylic acids is 4. The van der Waals surface area contributed by atoms with Gasteiger partial charge in [-0.1, -0.05) is 0 Å². The number of rotatable bonds is 1. The standard InChI is InChI=1S/C2H8N2.4C2H4O2.4Na.4H2O/c3-1-2-4;4*1-2(3)4;;;;;;;;/h1-4H2;4*1H3,(H,3,4);;;;;4*1H2. The van der Waals surface area contributed by atoms with E-state index >= 15 is 0 Å². The molecule has 0 amide bonds. The van der Waals surface area contributed by atoms with Crippen molar-refractivity contribution in [1.29, 1.82) is 0 Å². The van der Waals surface area contributed by atoms with Crippen molar-refractivity contribution in [2.24, 2.45) is 11.5 Å². The molecule has 0 rings (SSSR count). The SMILES string of the molecule is CC(=O)O.CC(=O)O.CC(=O)O.CC(=O)O.NCCN.O.O.O.O.[Na].[Na].[Na].[Na]. The van der Waals surface area contributed by atoms with Gasteiger partial charge in [-0.2, -0.15) is 0 Å². The van der Waals surface area contributed by atoms with E-state index in [1.165, 1.54) is 0 Å². The third-order valence-corrected chi connectivity index (χ3v) is 0.167. The summed E-state index contributed by atoms with van der Waals surface area (Å²) in [6.07, 6.45) is 0. The molecular formula is C10H32N2Na4O12. The van der Waals surface area contributed by atoms with Gasteiger partial charge in [0.25, 0.3) is 23.9 Å². The van der Waals surface area contributed by atoms with Crippen LogP contribution in [0.4, 0.5) is 0 Å². The average Bonchev–Trinajstić information content (AvgIpc) is 2.13. The fourth-order valence-electron chi connectivity index (χ4n) is 0. The first-order valence-electron chi connectivity index (χ1n) is 5.03. The predicted octanol–water partition coefficient (Wildman–Crippen LogP) is -5.55. The van der Waals surface area contributed by atoms with E-state index in [0.717, 1.165) is 27.7 Å². The van der Waals surface area contributed by atoms with Crippen molar-refractivity contribution in [2.45, 2.75) is 27.7 Å². The van der Waals surface area contributed by atoms with E-state index < -0.39 is 23.9 Å². The van der Waals surface area contributed by atoms with Gasteiger partial charge in [-0.3, -0.25) is 19.2 Å². The zero-order valence-electron chi connectivity index (χ0n) is 18.0. The number of hydrogen-bond acceptors (Lipinski definition) is 6. The first kappa shape index (κ1) is 87.8. The number of carbonyl (C=O) groups is 4. The molecule has 158 valence electrons. The van der Waals surface area contributed by atoms with Gasteiger partial charge in [0.15, 0.2) is 0 Å². The van der Waals surface area contributed by atoms with E-state index in [0.29, 0.717) is 13.1 Å². The first-order valence-corrected chi connectivity index (χ1v) is 5.03. The molecule has 0 unspecified atom stereocenters. The van der Waals surface area contributed by atoms with Crippen molar-refractivity contribution in [3.8, 4) is 0 Å². The summed E-state index contributed by atoms with van der Waals surface area (Å²) in [5.74, 6) is -3.33. The van der Waals surface area contributed by atoms with Crippen LogP contribution in [0.5, 0.6) is 0 Å². The Morgan fingerprint density at radius 1 is 0.500 bits per heavy atom. The molecule has 0 aliphatic rings. The maximum Gasteiger partial charge on any atom is 0.300 e.